The Morgan fingerprint density at radius 1 is 0.886 bits per heavy atom. The van der Waals surface area contributed by atoms with E-state index >= 15 is 0 Å². The first-order chi connectivity index (χ1) is 21.5. The smallest absolute Gasteiger partial charge is 0.228 e. The van der Waals surface area contributed by atoms with Crippen LogP contribution in [0.1, 0.15) is 5.56 Å². The minimum absolute atomic E-state index is 0.0812. The molecule has 0 radical (unpaired) electrons. The Hall–Kier alpha value is -5.54. The summed E-state index contributed by atoms with van der Waals surface area (Å²) in [7, 11) is 4.03. The number of ether oxygens (including phenoxy) is 1. The molecule has 6 rings (SSSR count). The van der Waals surface area contributed by atoms with Crippen LogP contribution in [0.2, 0.25) is 0 Å². The number of anilines is 3. The quantitative estimate of drug-likeness (QED) is 0.184. The molecule has 3 aromatic heterocycles. The first-order valence-corrected chi connectivity index (χ1v) is 14.4. The van der Waals surface area contributed by atoms with Gasteiger partial charge in [-0.05, 0) is 62.1 Å². The Labute approximate surface area is 256 Å². The van der Waals surface area contributed by atoms with Gasteiger partial charge in [-0.2, -0.15) is 5.10 Å². The molecule has 0 aliphatic rings. The second-order valence-corrected chi connectivity index (χ2v) is 10.6. The van der Waals surface area contributed by atoms with Crippen molar-refractivity contribution in [3.8, 4) is 28.3 Å². The number of hydrogen-bond acceptors (Lipinski definition) is 7. The first kappa shape index (κ1) is 28.6. The highest BCUT2D eigenvalue weighted by atomic mass is 16.5. The summed E-state index contributed by atoms with van der Waals surface area (Å²) in [6, 6.07) is 33.0. The normalized spacial score (nSPS) is 11.1. The number of rotatable bonds is 11. The monoisotopic (exact) mass is 583 g/mol. The first-order valence-electron chi connectivity index (χ1n) is 14.4. The van der Waals surface area contributed by atoms with Crippen molar-refractivity contribution in [1.29, 1.82) is 0 Å². The van der Waals surface area contributed by atoms with Crippen LogP contribution in [0, 0.1) is 0 Å². The van der Waals surface area contributed by atoms with Crippen molar-refractivity contribution in [1.82, 2.24) is 24.5 Å². The summed E-state index contributed by atoms with van der Waals surface area (Å²) >= 11 is 0. The summed E-state index contributed by atoms with van der Waals surface area (Å²) in [6.45, 7) is 1.42. The highest BCUT2D eigenvalue weighted by Gasteiger charge is 2.19. The van der Waals surface area contributed by atoms with Gasteiger partial charge in [0.15, 0.2) is 0 Å². The van der Waals surface area contributed by atoms with Gasteiger partial charge in [0, 0.05) is 41.9 Å². The van der Waals surface area contributed by atoms with Crippen LogP contribution in [0.3, 0.4) is 0 Å². The molecule has 1 amide bonds. The molecule has 220 valence electrons. The van der Waals surface area contributed by atoms with Gasteiger partial charge in [0.1, 0.15) is 18.1 Å². The van der Waals surface area contributed by atoms with E-state index in [9.17, 15) is 4.79 Å². The van der Waals surface area contributed by atoms with Gasteiger partial charge < -0.3 is 20.3 Å². The van der Waals surface area contributed by atoms with Gasteiger partial charge in [0.2, 0.25) is 11.9 Å². The van der Waals surface area contributed by atoms with Gasteiger partial charge in [-0.3, -0.25) is 4.79 Å². The average molecular weight is 584 g/mol. The van der Waals surface area contributed by atoms with Gasteiger partial charge in [0.05, 0.1) is 23.2 Å². The van der Waals surface area contributed by atoms with Crippen LogP contribution in [-0.2, 0) is 11.2 Å². The van der Waals surface area contributed by atoms with Crippen molar-refractivity contribution in [3.63, 3.8) is 0 Å². The predicted octanol–water partition coefficient (Wildman–Crippen LogP) is 6.32. The molecule has 0 fully saturated rings. The van der Waals surface area contributed by atoms with E-state index in [0.29, 0.717) is 24.7 Å². The maximum atomic E-state index is 12.8. The highest BCUT2D eigenvalue weighted by Crippen LogP contribution is 2.35. The van der Waals surface area contributed by atoms with Crippen LogP contribution >= 0.6 is 0 Å². The van der Waals surface area contributed by atoms with Crippen LogP contribution < -0.4 is 15.4 Å². The lowest BCUT2D eigenvalue weighted by atomic mass is 10.0. The number of fused-ring (bicyclic) bond motifs is 1. The third-order valence-corrected chi connectivity index (χ3v) is 6.98. The molecule has 0 saturated heterocycles. The molecule has 0 unspecified atom stereocenters. The maximum Gasteiger partial charge on any atom is 0.228 e. The molecule has 9 nitrogen and oxygen atoms in total. The molecule has 0 aliphatic carbocycles. The summed E-state index contributed by atoms with van der Waals surface area (Å²) in [5.74, 6) is 1.15. The third kappa shape index (κ3) is 6.91. The van der Waals surface area contributed by atoms with Crippen LogP contribution in [0.15, 0.2) is 116 Å². The molecule has 6 aromatic rings. The van der Waals surface area contributed by atoms with Crippen molar-refractivity contribution in [3.05, 3.63) is 121 Å². The Bertz CT molecular complexity index is 1890. The zero-order chi connectivity index (χ0) is 30.3. The van der Waals surface area contributed by atoms with E-state index in [-0.39, 0.29) is 5.91 Å². The van der Waals surface area contributed by atoms with Crippen LogP contribution in [0.25, 0.3) is 28.0 Å². The molecular formula is C35H33N7O2. The average Bonchev–Trinajstić information content (AvgIpc) is 3.42. The molecular weight excluding hydrogens is 550 g/mol. The number of hydrogen-bond donors (Lipinski definition) is 2. The van der Waals surface area contributed by atoms with Crippen LogP contribution in [0.4, 0.5) is 17.3 Å². The van der Waals surface area contributed by atoms with Crippen LogP contribution in [0.5, 0.6) is 5.75 Å². The molecule has 3 heterocycles. The number of benzene rings is 3. The molecule has 0 aliphatic heterocycles. The number of likely N-dealkylation sites (N-methyl/N-ethyl adjacent to an activating group) is 1. The predicted molar refractivity (Wildman–Crippen MR) is 174 cm³/mol. The zero-order valence-electron chi connectivity index (χ0n) is 24.6. The number of carbonyl (C=O) groups is 1. The van der Waals surface area contributed by atoms with Crippen molar-refractivity contribution < 1.29 is 9.53 Å². The fourth-order valence-electron chi connectivity index (χ4n) is 4.88. The lowest BCUT2D eigenvalue weighted by molar-refractivity contribution is -0.115. The van der Waals surface area contributed by atoms with E-state index in [1.54, 1.807) is 6.20 Å². The summed E-state index contributed by atoms with van der Waals surface area (Å²) in [5.41, 5.74) is 6.57. The molecule has 3 aromatic carbocycles. The summed E-state index contributed by atoms with van der Waals surface area (Å²) in [5, 5.41) is 11.3. The fraction of sp³-hybridized carbons (Fsp3) is 0.143. The van der Waals surface area contributed by atoms with Crippen molar-refractivity contribution in [2.24, 2.45) is 0 Å². The minimum atomic E-state index is -0.0812. The number of nitrogens with one attached hydrogen (secondary N) is 2. The van der Waals surface area contributed by atoms with Crippen molar-refractivity contribution in [2.75, 3.05) is 37.9 Å². The largest absolute Gasteiger partial charge is 0.492 e. The Balaban J connectivity index is 1.28. The standard InChI is InChI=1S/C35H33N7O2/c1-41(2)20-21-44-29-15-9-14-28(24-29)38-35-36-18-17-30(39-35)33-31-16-6-7-19-42(31)40-34(33)26-12-8-13-27(23-26)37-32(43)22-25-10-4-3-5-11-25/h3-19,23-24H,20-22H2,1-2H3,(H,37,43)(H,36,38,39). The van der Waals surface area contributed by atoms with E-state index in [1.165, 1.54) is 0 Å². The number of carbonyl (C=O) groups excluding carboxylic acids is 1. The van der Waals surface area contributed by atoms with Gasteiger partial charge in [-0.1, -0.05) is 54.6 Å². The van der Waals surface area contributed by atoms with E-state index < -0.39 is 0 Å². The number of pyridine rings is 1. The van der Waals surface area contributed by atoms with Gasteiger partial charge in [0.25, 0.3) is 0 Å². The fourth-order valence-corrected chi connectivity index (χ4v) is 4.88. The summed E-state index contributed by atoms with van der Waals surface area (Å²) < 4.78 is 7.74. The van der Waals surface area contributed by atoms with Gasteiger partial charge >= 0.3 is 0 Å². The molecule has 9 heteroatoms. The SMILES string of the molecule is CN(C)CCOc1cccc(Nc2nccc(-c3c(-c4cccc(NC(=O)Cc5ccccc5)c4)nn4ccccc34)n2)c1. The van der Waals surface area contributed by atoms with Crippen molar-refractivity contribution in [2.45, 2.75) is 6.42 Å². The second kappa shape index (κ2) is 13.2. The molecule has 0 atom stereocenters. The molecule has 0 bridgehead atoms. The van der Waals surface area contributed by atoms with E-state index in [0.717, 1.165) is 51.6 Å². The minimum Gasteiger partial charge on any atom is -0.492 e. The lowest BCUT2D eigenvalue weighted by Gasteiger charge is -2.12. The number of amides is 1. The topological polar surface area (TPSA) is 96.7 Å². The molecule has 0 spiro atoms. The summed E-state index contributed by atoms with van der Waals surface area (Å²) in [6.07, 6.45) is 3.95. The number of nitrogens with zero attached hydrogens (tertiary/aromatic N) is 5. The Morgan fingerprint density at radius 2 is 1.70 bits per heavy atom. The Morgan fingerprint density at radius 3 is 2.57 bits per heavy atom. The van der Waals surface area contributed by atoms with E-state index in [4.69, 9.17) is 14.8 Å². The molecule has 44 heavy (non-hydrogen) atoms. The summed E-state index contributed by atoms with van der Waals surface area (Å²) in [4.78, 5) is 24.2. The molecule has 0 saturated carbocycles. The Kier molecular flexibility index (Phi) is 8.56. The zero-order valence-corrected chi connectivity index (χ0v) is 24.6. The number of aromatic nitrogens is 4. The van der Waals surface area contributed by atoms with E-state index in [1.807, 2.05) is 128 Å². The van der Waals surface area contributed by atoms with Crippen molar-refractivity contribution >= 4 is 28.7 Å². The highest BCUT2D eigenvalue weighted by molar-refractivity contribution is 5.95. The third-order valence-electron chi connectivity index (χ3n) is 6.98. The second-order valence-electron chi connectivity index (χ2n) is 10.6. The molecule has 2 N–H and O–H groups in total. The van der Waals surface area contributed by atoms with Gasteiger partial charge in [-0.15, -0.1) is 0 Å². The van der Waals surface area contributed by atoms with E-state index in [2.05, 4.69) is 20.5 Å². The van der Waals surface area contributed by atoms with Gasteiger partial charge in [-0.25, -0.2) is 14.5 Å². The lowest BCUT2D eigenvalue weighted by Crippen LogP contribution is -2.19. The maximum absolute atomic E-state index is 12.8. The van der Waals surface area contributed by atoms with Crippen LogP contribution in [-0.4, -0.2) is 57.6 Å².